The highest BCUT2D eigenvalue weighted by atomic mass is 16.5. The molecule has 1 amide bonds. The lowest BCUT2D eigenvalue weighted by Crippen LogP contribution is -2.38. The lowest BCUT2D eigenvalue weighted by molar-refractivity contribution is -0.126. The third-order valence-corrected chi connectivity index (χ3v) is 4.58. The van der Waals surface area contributed by atoms with E-state index >= 15 is 0 Å². The Bertz CT molecular complexity index is 537. The van der Waals surface area contributed by atoms with Crippen molar-refractivity contribution in [2.45, 2.75) is 38.1 Å². The molecule has 0 bridgehead atoms. The minimum atomic E-state index is 0.0356. The van der Waals surface area contributed by atoms with Crippen molar-refractivity contribution in [3.63, 3.8) is 0 Å². The fourth-order valence-corrected chi connectivity index (χ4v) is 3.24. The largest absolute Gasteiger partial charge is 0.496 e. The van der Waals surface area contributed by atoms with E-state index in [4.69, 9.17) is 19.9 Å². The highest BCUT2D eigenvalue weighted by molar-refractivity contribution is 5.78. The smallest absolute Gasteiger partial charge is 0.223 e. The van der Waals surface area contributed by atoms with Crippen molar-refractivity contribution in [2.75, 3.05) is 27.9 Å². The number of nitrogens with two attached hydrogens (primary N) is 1. The maximum Gasteiger partial charge on any atom is 0.223 e. The predicted molar refractivity (Wildman–Crippen MR) is 92.7 cm³/mol. The summed E-state index contributed by atoms with van der Waals surface area (Å²) in [6.07, 6.45) is 4.37. The van der Waals surface area contributed by atoms with Gasteiger partial charge in [-0.1, -0.05) is 6.42 Å². The summed E-state index contributed by atoms with van der Waals surface area (Å²) in [5, 5.41) is 3.02. The Labute approximate surface area is 143 Å². The average Bonchev–Trinajstić information content (AvgIpc) is 2.61. The van der Waals surface area contributed by atoms with Crippen molar-refractivity contribution >= 4 is 5.91 Å². The van der Waals surface area contributed by atoms with Crippen LogP contribution in [0.1, 0.15) is 31.2 Å². The number of benzene rings is 1. The van der Waals surface area contributed by atoms with E-state index in [1.165, 1.54) is 0 Å². The maximum atomic E-state index is 12.3. The van der Waals surface area contributed by atoms with Gasteiger partial charge in [0.25, 0.3) is 0 Å². The van der Waals surface area contributed by atoms with Crippen LogP contribution in [0, 0.1) is 5.92 Å². The maximum absolute atomic E-state index is 12.3. The van der Waals surface area contributed by atoms with Gasteiger partial charge >= 0.3 is 0 Å². The van der Waals surface area contributed by atoms with Gasteiger partial charge in [0.05, 0.1) is 21.3 Å². The molecule has 6 nitrogen and oxygen atoms in total. The van der Waals surface area contributed by atoms with E-state index in [-0.39, 0.29) is 17.9 Å². The monoisotopic (exact) mass is 336 g/mol. The van der Waals surface area contributed by atoms with Gasteiger partial charge in [0.1, 0.15) is 17.2 Å². The first-order valence-electron chi connectivity index (χ1n) is 8.41. The molecule has 0 spiro atoms. The summed E-state index contributed by atoms with van der Waals surface area (Å²) in [5.74, 6) is 2.19. The molecule has 1 aromatic carbocycles. The van der Waals surface area contributed by atoms with Gasteiger partial charge in [-0.25, -0.2) is 0 Å². The molecule has 2 atom stereocenters. The first-order chi connectivity index (χ1) is 11.6. The molecule has 0 saturated heterocycles. The van der Waals surface area contributed by atoms with Gasteiger partial charge in [-0.05, 0) is 25.7 Å². The predicted octanol–water partition coefficient (Wildman–Crippen LogP) is 1.89. The van der Waals surface area contributed by atoms with E-state index in [2.05, 4.69) is 5.32 Å². The van der Waals surface area contributed by atoms with Gasteiger partial charge in [-0.15, -0.1) is 0 Å². The van der Waals surface area contributed by atoms with Crippen LogP contribution in [0.2, 0.25) is 0 Å². The van der Waals surface area contributed by atoms with Crippen LogP contribution in [0.15, 0.2) is 12.1 Å². The summed E-state index contributed by atoms with van der Waals surface area (Å²) in [6.45, 7) is 0.531. The van der Waals surface area contributed by atoms with Crippen LogP contribution >= 0.6 is 0 Å². The van der Waals surface area contributed by atoms with E-state index in [0.29, 0.717) is 30.2 Å². The first kappa shape index (κ1) is 18.4. The van der Waals surface area contributed by atoms with Crippen LogP contribution in [0.5, 0.6) is 17.2 Å². The normalized spacial score (nSPS) is 20.3. The number of nitrogens with one attached hydrogen (secondary N) is 1. The zero-order valence-electron chi connectivity index (χ0n) is 14.8. The molecule has 0 heterocycles. The second-order valence-corrected chi connectivity index (χ2v) is 6.18. The standard InChI is InChI=1S/C18H28N2O4/c1-22-14-10-16(23-2)15(17(11-14)24-3)7-8-20-18(21)12-5-4-6-13(19)9-12/h10-13H,4-9,19H2,1-3H3,(H,20,21). The highest BCUT2D eigenvalue weighted by Crippen LogP contribution is 2.34. The molecular weight excluding hydrogens is 308 g/mol. The molecule has 24 heavy (non-hydrogen) atoms. The molecule has 0 aromatic heterocycles. The average molecular weight is 336 g/mol. The molecule has 1 aliphatic carbocycles. The summed E-state index contributed by atoms with van der Waals surface area (Å²) >= 11 is 0. The number of hydrogen-bond acceptors (Lipinski definition) is 5. The van der Waals surface area contributed by atoms with Gasteiger partial charge in [0.2, 0.25) is 5.91 Å². The number of amides is 1. The van der Waals surface area contributed by atoms with Gasteiger partial charge in [0, 0.05) is 36.2 Å². The fraction of sp³-hybridized carbons (Fsp3) is 0.611. The molecule has 2 rings (SSSR count). The van der Waals surface area contributed by atoms with Crippen LogP contribution in [0.3, 0.4) is 0 Å². The number of rotatable bonds is 7. The topological polar surface area (TPSA) is 82.8 Å². The molecule has 1 aliphatic rings. The Hall–Kier alpha value is -1.95. The summed E-state index contributed by atoms with van der Waals surface area (Å²) in [6, 6.07) is 3.79. The van der Waals surface area contributed by atoms with Gasteiger partial charge in [0.15, 0.2) is 0 Å². The highest BCUT2D eigenvalue weighted by Gasteiger charge is 2.25. The number of carbonyl (C=O) groups excluding carboxylic acids is 1. The quantitative estimate of drug-likeness (QED) is 0.794. The first-order valence-corrected chi connectivity index (χ1v) is 8.41. The fourth-order valence-electron chi connectivity index (χ4n) is 3.24. The van der Waals surface area contributed by atoms with Gasteiger partial charge < -0.3 is 25.3 Å². The van der Waals surface area contributed by atoms with E-state index in [0.717, 1.165) is 31.2 Å². The Kier molecular flexibility index (Phi) is 6.73. The van der Waals surface area contributed by atoms with Crippen LogP contribution in [0.25, 0.3) is 0 Å². The van der Waals surface area contributed by atoms with Crippen LogP contribution < -0.4 is 25.3 Å². The van der Waals surface area contributed by atoms with E-state index < -0.39 is 0 Å². The molecule has 1 aromatic rings. The Morgan fingerprint density at radius 2 is 1.83 bits per heavy atom. The van der Waals surface area contributed by atoms with Crippen molar-refractivity contribution < 1.29 is 19.0 Å². The van der Waals surface area contributed by atoms with Crippen LogP contribution in [-0.2, 0) is 11.2 Å². The summed E-state index contributed by atoms with van der Waals surface area (Å²) in [4.78, 5) is 12.3. The third kappa shape index (κ3) is 4.54. The number of hydrogen-bond donors (Lipinski definition) is 2. The van der Waals surface area contributed by atoms with Crippen molar-refractivity contribution in [2.24, 2.45) is 11.7 Å². The summed E-state index contributed by atoms with van der Waals surface area (Å²) in [5.41, 5.74) is 6.88. The van der Waals surface area contributed by atoms with Crippen molar-refractivity contribution in [3.05, 3.63) is 17.7 Å². The molecule has 134 valence electrons. The van der Waals surface area contributed by atoms with Crippen LogP contribution in [0.4, 0.5) is 0 Å². The lowest BCUT2D eigenvalue weighted by Gasteiger charge is -2.25. The molecule has 1 saturated carbocycles. The second kappa shape index (κ2) is 8.78. The number of methoxy groups -OCH3 is 3. The van der Waals surface area contributed by atoms with Crippen LogP contribution in [-0.4, -0.2) is 39.8 Å². The number of carbonyl (C=O) groups is 1. The van der Waals surface area contributed by atoms with Crippen molar-refractivity contribution in [1.29, 1.82) is 0 Å². The second-order valence-electron chi connectivity index (χ2n) is 6.18. The third-order valence-electron chi connectivity index (χ3n) is 4.58. The summed E-state index contributed by atoms with van der Waals surface area (Å²) < 4.78 is 16.1. The molecular formula is C18H28N2O4. The molecule has 6 heteroatoms. The van der Waals surface area contributed by atoms with Gasteiger partial charge in [-0.2, -0.15) is 0 Å². The number of ether oxygens (including phenoxy) is 3. The minimum absolute atomic E-state index is 0.0356. The SMILES string of the molecule is COc1cc(OC)c(CCNC(=O)C2CCCC(N)C2)c(OC)c1. The zero-order valence-corrected chi connectivity index (χ0v) is 14.8. The molecule has 1 fully saturated rings. The molecule has 3 N–H and O–H groups in total. The Morgan fingerprint density at radius 3 is 2.38 bits per heavy atom. The van der Waals surface area contributed by atoms with E-state index in [1.54, 1.807) is 21.3 Å². The summed E-state index contributed by atoms with van der Waals surface area (Å²) in [7, 11) is 4.82. The Balaban J connectivity index is 1.97. The zero-order chi connectivity index (χ0) is 17.5. The minimum Gasteiger partial charge on any atom is -0.496 e. The Morgan fingerprint density at radius 1 is 1.17 bits per heavy atom. The van der Waals surface area contributed by atoms with Crippen molar-refractivity contribution in [3.8, 4) is 17.2 Å². The molecule has 0 radical (unpaired) electrons. The van der Waals surface area contributed by atoms with E-state index in [9.17, 15) is 4.79 Å². The lowest BCUT2D eigenvalue weighted by atomic mass is 9.85. The molecule has 0 aliphatic heterocycles. The van der Waals surface area contributed by atoms with Crippen molar-refractivity contribution in [1.82, 2.24) is 5.32 Å². The van der Waals surface area contributed by atoms with E-state index in [1.807, 2.05) is 12.1 Å². The molecule has 2 unspecified atom stereocenters. The van der Waals surface area contributed by atoms with Gasteiger partial charge in [-0.3, -0.25) is 4.79 Å².